The number of methoxy groups -OCH3 is 1. The topological polar surface area (TPSA) is 149 Å². The Kier molecular flexibility index (Phi) is 10.2. The summed E-state index contributed by atoms with van der Waals surface area (Å²) >= 11 is 0. The molecule has 13 heteroatoms. The first-order valence-corrected chi connectivity index (χ1v) is 16.1. The normalized spacial score (nSPS) is 22.2. The van der Waals surface area contributed by atoms with Crippen molar-refractivity contribution in [2.75, 3.05) is 12.4 Å². The van der Waals surface area contributed by atoms with E-state index < -0.39 is 58.6 Å². The number of pyridine rings is 1. The van der Waals surface area contributed by atoms with Crippen LogP contribution >= 0.6 is 0 Å². The van der Waals surface area contributed by atoms with Crippen molar-refractivity contribution in [1.82, 2.24) is 15.2 Å². The van der Waals surface area contributed by atoms with Gasteiger partial charge >= 0.3 is 5.97 Å². The van der Waals surface area contributed by atoms with Crippen LogP contribution < -0.4 is 21.5 Å². The van der Waals surface area contributed by atoms with Crippen LogP contribution in [0.15, 0.2) is 64.0 Å². The van der Waals surface area contributed by atoms with Crippen LogP contribution in [0.4, 0.5) is 14.5 Å². The van der Waals surface area contributed by atoms with Gasteiger partial charge in [0.1, 0.15) is 23.9 Å². The zero-order chi connectivity index (χ0) is 34.6. The Bertz CT molecular complexity index is 1790. The van der Waals surface area contributed by atoms with E-state index in [-0.39, 0.29) is 43.7 Å². The molecule has 2 fully saturated rings. The van der Waals surface area contributed by atoms with Gasteiger partial charge in [-0.3, -0.25) is 19.2 Å². The number of carbonyl (C=O) groups excluding carboxylic acids is 4. The average Bonchev–Trinajstić information content (AvgIpc) is 3.39. The molecule has 3 unspecified atom stereocenters. The molecule has 2 aromatic heterocycles. The second-order valence-corrected chi connectivity index (χ2v) is 12.8. The minimum Gasteiger partial charge on any atom is -0.466 e. The fourth-order valence-corrected chi connectivity index (χ4v) is 7.03. The number of nitrogens with zero attached hydrogens (tertiary/aromatic N) is 1. The van der Waals surface area contributed by atoms with E-state index in [1.54, 1.807) is 19.1 Å². The second kappa shape index (κ2) is 14.1. The monoisotopic (exact) mass is 666 g/mol. The van der Waals surface area contributed by atoms with Crippen LogP contribution in [-0.2, 0) is 25.7 Å². The molecule has 48 heavy (non-hydrogen) atoms. The first-order chi connectivity index (χ1) is 22.8. The van der Waals surface area contributed by atoms with Gasteiger partial charge < -0.3 is 29.7 Å². The van der Waals surface area contributed by atoms with Gasteiger partial charge in [0.25, 0.3) is 17.4 Å². The Morgan fingerprint density at radius 3 is 2.67 bits per heavy atom. The van der Waals surface area contributed by atoms with E-state index in [1.165, 1.54) is 44.5 Å². The van der Waals surface area contributed by atoms with Gasteiger partial charge in [0.2, 0.25) is 11.8 Å². The molecule has 5 rings (SSSR count). The lowest BCUT2D eigenvalue weighted by molar-refractivity contribution is -0.164. The lowest BCUT2D eigenvalue weighted by Crippen LogP contribution is -2.60. The predicted octanol–water partition coefficient (Wildman–Crippen LogP) is 4.87. The van der Waals surface area contributed by atoms with Crippen molar-refractivity contribution in [3.8, 4) is 0 Å². The molecule has 2 bridgehead atoms. The number of furan rings is 1. The van der Waals surface area contributed by atoms with Gasteiger partial charge in [0.15, 0.2) is 5.76 Å². The highest BCUT2D eigenvalue weighted by atomic mass is 19.3. The van der Waals surface area contributed by atoms with E-state index in [2.05, 4.69) is 20.7 Å². The minimum atomic E-state index is -2.78. The summed E-state index contributed by atoms with van der Waals surface area (Å²) in [6.45, 7) is 2.87. The fraction of sp³-hybridized carbons (Fsp3) is 0.457. The van der Waals surface area contributed by atoms with Crippen LogP contribution in [0.25, 0.3) is 11.0 Å². The Morgan fingerprint density at radius 2 is 1.92 bits per heavy atom. The first kappa shape index (κ1) is 34.5. The predicted molar refractivity (Wildman–Crippen MR) is 173 cm³/mol. The molecule has 0 aliphatic heterocycles. The summed E-state index contributed by atoms with van der Waals surface area (Å²) in [5, 5.41) is 8.95. The Hall–Kier alpha value is -4.81. The van der Waals surface area contributed by atoms with Crippen LogP contribution in [0.3, 0.4) is 0 Å². The molecule has 0 radical (unpaired) electrons. The molecule has 4 atom stereocenters. The number of alkyl halides is 2. The van der Waals surface area contributed by atoms with Gasteiger partial charge in [-0.15, -0.1) is 0 Å². The lowest BCUT2D eigenvalue weighted by Gasteiger charge is -2.51. The maximum Gasteiger partial charge on any atom is 0.330 e. The molecule has 3 amide bonds. The number of anilines is 1. The third-order valence-electron chi connectivity index (χ3n) is 9.49. The van der Waals surface area contributed by atoms with Crippen molar-refractivity contribution < 1.29 is 37.1 Å². The van der Waals surface area contributed by atoms with Gasteiger partial charge in [0, 0.05) is 40.6 Å². The third-order valence-corrected chi connectivity index (χ3v) is 9.49. The Morgan fingerprint density at radius 1 is 1.15 bits per heavy atom. The molecule has 2 saturated carbocycles. The van der Waals surface area contributed by atoms with E-state index in [4.69, 9.17) is 4.42 Å². The number of allylic oxidation sites excluding steroid dienone is 1. The average molecular weight is 667 g/mol. The number of amides is 3. The molecule has 2 aliphatic rings. The number of aromatic nitrogens is 1. The maximum absolute atomic E-state index is 14.7. The Labute approximate surface area is 276 Å². The fourth-order valence-electron chi connectivity index (χ4n) is 7.03. The lowest BCUT2D eigenvalue weighted by atomic mass is 9.62. The van der Waals surface area contributed by atoms with Gasteiger partial charge in [-0.05, 0) is 63.6 Å². The molecule has 11 nitrogen and oxygen atoms in total. The molecule has 2 aliphatic carbocycles. The maximum atomic E-state index is 14.7. The number of aryl methyl sites for hydroxylation is 1. The van der Waals surface area contributed by atoms with Crippen molar-refractivity contribution in [3.05, 3.63) is 76.4 Å². The van der Waals surface area contributed by atoms with Crippen molar-refractivity contribution in [2.24, 2.45) is 11.8 Å². The Balaban J connectivity index is 1.29. The largest absolute Gasteiger partial charge is 0.466 e. The van der Waals surface area contributed by atoms with Crippen molar-refractivity contribution in [2.45, 2.75) is 82.8 Å². The number of ether oxygens (including phenoxy) is 1. The highest BCUT2D eigenvalue weighted by molar-refractivity contribution is 6.03. The molecular formula is C35H40F2N4O7. The molecule has 0 saturated heterocycles. The molecule has 256 valence electrons. The quantitative estimate of drug-likeness (QED) is 0.195. The van der Waals surface area contributed by atoms with Gasteiger partial charge in [-0.25, -0.2) is 13.6 Å². The first-order valence-electron chi connectivity index (χ1n) is 16.1. The van der Waals surface area contributed by atoms with Crippen LogP contribution in [0.2, 0.25) is 0 Å². The number of para-hydroxylation sites is 1. The molecule has 2 heterocycles. The smallest absolute Gasteiger partial charge is 0.330 e. The molecule has 3 N–H and O–H groups in total. The second-order valence-electron chi connectivity index (χ2n) is 12.8. The number of hydrogen-bond donors (Lipinski definition) is 3. The number of fused-ring (bicyclic) bond motifs is 3. The summed E-state index contributed by atoms with van der Waals surface area (Å²) in [6.07, 6.45) is 6.31. The van der Waals surface area contributed by atoms with Crippen molar-refractivity contribution in [1.29, 1.82) is 0 Å². The summed E-state index contributed by atoms with van der Waals surface area (Å²) in [5.41, 5.74) is -0.428. The van der Waals surface area contributed by atoms with Crippen LogP contribution in [0.1, 0.15) is 68.0 Å². The third kappa shape index (κ3) is 7.34. The summed E-state index contributed by atoms with van der Waals surface area (Å²) in [7, 11) is 1.23. The number of nitrogens with one attached hydrogen (secondary N) is 3. The number of hydrogen-bond acceptors (Lipinski definition) is 7. The number of rotatable bonds is 11. The summed E-state index contributed by atoms with van der Waals surface area (Å²) in [6, 6.07) is 8.85. The SMILES string of the molecule is COC(=O)/C=C/CC[C@H](NC(=O)c1oc2ccccc2c1C)C(=O)Nc1cccn(CC(=O)NC23CCCC(C2)C(F)(F)C(C)C3)c1=O. The zero-order valence-electron chi connectivity index (χ0n) is 27.1. The summed E-state index contributed by atoms with van der Waals surface area (Å²) in [4.78, 5) is 64.8. The molecule has 1 aromatic carbocycles. The minimum absolute atomic E-state index is 0.0343. The van der Waals surface area contributed by atoms with Gasteiger partial charge in [0.05, 0.1) is 7.11 Å². The van der Waals surface area contributed by atoms with Crippen LogP contribution in [0, 0.1) is 18.8 Å². The highest BCUT2D eigenvalue weighted by Gasteiger charge is 2.56. The van der Waals surface area contributed by atoms with Gasteiger partial charge in [-0.2, -0.15) is 0 Å². The van der Waals surface area contributed by atoms with E-state index in [1.807, 2.05) is 12.1 Å². The number of esters is 1. The van der Waals surface area contributed by atoms with Crippen molar-refractivity contribution >= 4 is 40.3 Å². The zero-order valence-corrected chi connectivity index (χ0v) is 27.1. The molecule has 0 spiro atoms. The number of benzene rings is 1. The number of halogens is 2. The van der Waals surface area contributed by atoms with Crippen LogP contribution in [0.5, 0.6) is 0 Å². The summed E-state index contributed by atoms with van der Waals surface area (Å²) < 4.78 is 40.9. The summed E-state index contributed by atoms with van der Waals surface area (Å²) in [5.74, 6) is -6.82. The van der Waals surface area contributed by atoms with Crippen molar-refractivity contribution in [3.63, 3.8) is 0 Å². The highest BCUT2D eigenvalue weighted by Crippen LogP contribution is 2.53. The van der Waals surface area contributed by atoms with Crippen LogP contribution in [-0.4, -0.2) is 52.9 Å². The van der Waals surface area contributed by atoms with E-state index in [0.29, 0.717) is 30.4 Å². The molecular weight excluding hydrogens is 626 g/mol. The number of carbonyl (C=O) groups is 4. The molecule has 3 aromatic rings. The van der Waals surface area contributed by atoms with E-state index >= 15 is 0 Å². The van der Waals surface area contributed by atoms with E-state index in [0.717, 1.165) is 9.95 Å². The standard InChI is InChI=1S/C35H40F2N4O7/c1-21-18-34(16-8-10-23(19-34)35(21,36)37)40-28(42)20-41-17-9-13-26(33(41)46)39-31(44)25(12-5-7-15-29(43)47-3)38-32(45)30-22(2)24-11-4-6-14-27(24)48-30/h4,6-7,9,11,13-15,17,21,23,25H,5,8,10,12,16,18-20H2,1-3H3,(H,38,45)(H,39,44)(H,40,42)/b15-7+/t21?,23?,25-,34?/m0/s1. The van der Waals surface area contributed by atoms with Gasteiger partial charge in [-0.1, -0.05) is 37.6 Å². The van der Waals surface area contributed by atoms with E-state index in [9.17, 15) is 32.8 Å².